The fraction of sp³-hybridized carbons (Fsp3) is 0. The molecule has 0 atom stereocenters. The number of benzene rings is 1. The van der Waals surface area contributed by atoms with Gasteiger partial charge in [0.1, 0.15) is 0 Å². The molecule has 0 bridgehead atoms. The average Bonchev–Trinajstić information content (AvgIpc) is 2.30. The fourth-order valence-electron chi connectivity index (χ4n) is 1.55. The van der Waals surface area contributed by atoms with Crippen LogP contribution in [0.25, 0.3) is 11.1 Å². The molecule has 1 aromatic carbocycles. The van der Waals surface area contributed by atoms with E-state index in [9.17, 15) is 14.9 Å². The summed E-state index contributed by atoms with van der Waals surface area (Å²) in [5.74, 6) is 0. The molecule has 0 amide bonds. The molecule has 2 rings (SSSR count). The van der Waals surface area contributed by atoms with Crippen molar-refractivity contribution in [2.24, 2.45) is 0 Å². The summed E-state index contributed by atoms with van der Waals surface area (Å²) >= 11 is 11.9. The summed E-state index contributed by atoms with van der Waals surface area (Å²) in [5, 5.41) is 11.2. The molecule has 0 saturated heterocycles. The number of nitro groups is 1. The number of aromatic nitrogens is 1. The van der Waals surface area contributed by atoms with Crippen LogP contribution in [0.1, 0.15) is 0 Å². The van der Waals surface area contributed by atoms with Crippen molar-refractivity contribution >= 4 is 28.9 Å². The molecule has 0 aliphatic rings. The predicted octanol–water partition coefficient (Wildman–Crippen LogP) is 3.26. The first-order chi connectivity index (χ1) is 8.52. The SMILES string of the molecule is O=c1c(-c2c(Cl)cccc2Cl)c[nH]cc1[N+](=O)[O-]. The Hall–Kier alpha value is -1.85. The standard InChI is InChI=1S/C11H6Cl2N2O3/c12-7-2-1-3-8(13)10(7)6-4-14-5-9(11(6)16)15(17)18/h1-5H,(H,14,16). The number of pyridine rings is 1. The number of hydrogen-bond acceptors (Lipinski definition) is 3. The molecule has 1 N–H and O–H groups in total. The lowest BCUT2D eigenvalue weighted by Crippen LogP contribution is -2.11. The highest BCUT2D eigenvalue weighted by Gasteiger charge is 2.19. The molecule has 0 aliphatic heterocycles. The van der Waals surface area contributed by atoms with Crippen molar-refractivity contribution in [1.29, 1.82) is 0 Å². The third kappa shape index (κ3) is 2.10. The van der Waals surface area contributed by atoms with Crippen molar-refractivity contribution in [3.05, 3.63) is 61.0 Å². The van der Waals surface area contributed by atoms with Crippen LogP contribution in [0.2, 0.25) is 10.0 Å². The Labute approximate surface area is 111 Å². The van der Waals surface area contributed by atoms with Crippen LogP contribution in [0.15, 0.2) is 35.4 Å². The zero-order valence-electron chi connectivity index (χ0n) is 8.81. The van der Waals surface area contributed by atoms with E-state index in [1.54, 1.807) is 18.2 Å². The predicted molar refractivity (Wildman–Crippen MR) is 69.2 cm³/mol. The van der Waals surface area contributed by atoms with Crippen molar-refractivity contribution in [3.63, 3.8) is 0 Å². The summed E-state index contributed by atoms with van der Waals surface area (Å²) in [7, 11) is 0. The number of hydrogen-bond donors (Lipinski definition) is 1. The highest BCUT2D eigenvalue weighted by molar-refractivity contribution is 6.39. The van der Waals surface area contributed by atoms with Gasteiger partial charge in [0.2, 0.25) is 0 Å². The van der Waals surface area contributed by atoms with Crippen LogP contribution >= 0.6 is 23.2 Å². The maximum atomic E-state index is 11.9. The number of nitrogens with one attached hydrogen (secondary N) is 1. The van der Waals surface area contributed by atoms with Crippen molar-refractivity contribution in [2.45, 2.75) is 0 Å². The summed E-state index contributed by atoms with van der Waals surface area (Å²) < 4.78 is 0. The molecule has 2 aromatic rings. The van der Waals surface area contributed by atoms with Crippen molar-refractivity contribution in [3.8, 4) is 11.1 Å². The van der Waals surface area contributed by atoms with Gasteiger partial charge in [-0.3, -0.25) is 14.9 Å². The molecule has 0 unspecified atom stereocenters. The molecule has 1 heterocycles. The second-order valence-corrected chi connectivity index (χ2v) is 4.25. The Bertz CT molecular complexity index is 662. The monoisotopic (exact) mass is 284 g/mol. The highest BCUT2D eigenvalue weighted by Crippen LogP contribution is 2.32. The van der Waals surface area contributed by atoms with Gasteiger partial charge in [-0.05, 0) is 12.1 Å². The normalized spacial score (nSPS) is 10.3. The van der Waals surface area contributed by atoms with E-state index < -0.39 is 16.0 Å². The third-order valence-electron chi connectivity index (χ3n) is 2.35. The van der Waals surface area contributed by atoms with Crippen LogP contribution in [0.5, 0.6) is 0 Å². The average molecular weight is 285 g/mol. The zero-order chi connectivity index (χ0) is 13.3. The fourth-order valence-corrected chi connectivity index (χ4v) is 2.15. The lowest BCUT2D eigenvalue weighted by molar-refractivity contribution is -0.386. The van der Waals surface area contributed by atoms with E-state index in [1.807, 2.05) is 0 Å². The van der Waals surface area contributed by atoms with Crippen LogP contribution < -0.4 is 5.43 Å². The van der Waals surface area contributed by atoms with Crippen molar-refractivity contribution in [2.75, 3.05) is 0 Å². The van der Waals surface area contributed by atoms with Gasteiger partial charge in [0.05, 0.1) is 26.7 Å². The molecule has 18 heavy (non-hydrogen) atoms. The van der Waals surface area contributed by atoms with Crippen LogP contribution in [0, 0.1) is 10.1 Å². The van der Waals surface area contributed by atoms with Crippen LogP contribution in [-0.4, -0.2) is 9.91 Å². The molecule has 0 spiro atoms. The summed E-state index contributed by atoms with van der Waals surface area (Å²) in [6.07, 6.45) is 2.36. The van der Waals surface area contributed by atoms with Gasteiger partial charge in [-0.2, -0.15) is 0 Å². The van der Waals surface area contributed by atoms with E-state index in [0.717, 1.165) is 6.20 Å². The maximum Gasteiger partial charge on any atom is 0.332 e. The van der Waals surface area contributed by atoms with Crippen LogP contribution in [0.3, 0.4) is 0 Å². The number of nitrogens with zero attached hydrogens (tertiary/aromatic N) is 1. The summed E-state index contributed by atoms with van der Waals surface area (Å²) in [6, 6.07) is 4.74. The first kappa shape index (κ1) is 12.6. The first-order valence-corrected chi connectivity index (χ1v) is 5.58. The van der Waals surface area contributed by atoms with Gasteiger partial charge < -0.3 is 4.98 Å². The molecule has 0 fully saturated rings. The first-order valence-electron chi connectivity index (χ1n) is 4.82. The molecule has 5 nitrogen and oxygen atoms in total. The van der Waals surface area contributed by atoms with E-state index in [1.165, 1.54) is 6.20 Å². The molecule has 92 valence electrons. The number of H-pyrrole nitrogens is 1. The number of halogens is 2. The van der Waals surface area contributed by atoms with Gasteiger partial charge in [-0.1, -0.05) is 29.3 Å². The Morgan fingerprint density at radius 1 is 1.17 bits per heavy atom. The molecular weight excluding hydrogens is 279 g/mol. The van der Waals surface area contributed by atoms with Crippen LogP contribution in [-0.2, 0) is 0 Å². The summed E-state index contributed by atoms with van der Waals surface area (Å²) in [6.45, 7) is 0. The molecule has 0 saturated carbocycles. The van der Waals surface area contributed by atoms with E-state index in [-0.39, 0.29) is 21.2 Å². The van der Waals surface area contributed by atoms with Crippen molar-refractivity contribution in [1.82, 2.24) is 4.98 Å². The van der Waals surface area contributed by atoms with Gasteiger partial charge in [0.15, 0.2) is 0 Å². The lowest BCUT2D eigenvalue weighted by atomic mass is 10.1. The highest BCUT2D eigenvalue weighted by atomic mass is 35.5. The minimum atomic E-state index is -0.757. The topological polar surface area (TPSA) is 76.0 Å². The lowest BCUT2D eigenvalue weighted by Gasteiger charge is -2.05. The maximum absolute atomic E-state index is 11.9. The second-order valence-electron chi connectivity index (χ2n) is 3.44. The second kappa shape index (κ2) is 4.80. The van der Waals surface area contributed by atoms with Crippen molar-refractivity contribution < 1.29 is 4.92 Å². The zero-order valence-corrected chi connectivity index (χ0v) is 10.3. The van der Waals surface area contributed by atoms with Crippen LogP contribution in [0.4, 0.5) is 5.69 Å². The Morgan fingerprint density at radius 3 is 2.33 bits per heavy atom. The van der Waals surface area contributed by atoms with Gasteiger partial charge in [-0.25, -0.2) is 0 Å². The minimum absolute atomic E-state index is 0.0693. The molecule has 0 aliphatic carbocycles. The Balaban J connectivity index is 2.77. The quantitative estimate of drug-likeness (QED) is 0.679. The van der Waals surface area contributed by atoms with Gasteiger partial charge >= 0.3 is 5.69 Å². The summed E-state index contributed by atoms with van der Waals surface area (Å²) in [4.78, 5) is 24.4. The molecule has 1 aromatic heterocycles. The van der Waals surface area contributed by atoms with E-state index in [0.29, 0.717) is 0 Å². The van der Waals surface area contributed by atoms with Gasteiger partial charge in [-0.15, -0.1) is 0 Å². The van der Waals surface area contributed by atoms with Gasteiger partial charge in [0, 0.05) is 11.8 Å². The molecular formula is C11H6Cl2N2O3. The molecule has 7 heteroatoms. The smallest absolute Gasteiger partial charge is 0.332 e. The summed E-state index contributed by atoms with van der Waals surface area (Å²) in [5.41, 5.74) is -0.928. The Kier molecular flexibility index (Phi) is 3.36. The minimum Gasteiger partial charge on any atom is -0.361 e. The Morgan fingerprint density at radius 2 is 1.78 bits per heavy atom. The third-order valence-corrected chi connectivity index (χ3v) is 2.98. The van der Waals surface area contributed by atoms with E-state index in [2.05, 4.69) is 4.98 Å². The number of aromatic amines is 1. The van der Waals surface area contributed by atoms with E-state index >= 15 is 0 Å². The van der Waals surface area contributed by atoms with E-state index in [4.69, 9.17) is 23.2 Å². The largest absolute Gasteiger partial charge is 0.361 e. The molecule has 0 radical (unpaired) electrons. The van der Waals surface area contributed by atoms with Gasteiger partial charge in [0.25, 0.3) is 5.43 Å². The number of rotatable bonds is 2.